The van der Waals surface area contributed by atoms with Crippen LogP contribution in [0.25, 0.3) is 82.8 Å². The number of nitrogens with zero attached hydrogens (tertiary/aromatic N) is 2. The molecule has 1 aliphatic heterocycles. The maximum absolute atomic E-state index is 6.41. The lowest BCUT2D eigenvalue weighted by Crippen LogP contribution is -2.11. The van der Waals surface area contributed by atoms with Gasteiger partial charge in [-0.3, -0.25) is 0 Å². The van der Waals surface area contributed by atoms with E-state index < -0.39 is 0 Å². The quantitative estimate of drug-likeness (QED) is 0.170. The SMILES string of the molecule is c1ccc(-c2ccc(N(c3ccc(-c4ccc5c(c4)oc4ccccc45)cc3)c3ccccc3-c3ccc4c(c3)c3cccc5c3n4-c3ccccc3O5)cc2)cc1. The zero-order valence-corrected chi connectivity index (χ0v) is 31.3. The van der Waals surface area contributed by atoms with E-state index in [1.54, 1.807) is 0 Å². The Hall–Kier alpha value is -7.82. The van der Waals surface area contributed by atoms with Crippen LogP contribution in [0.5, 0.6) is 11.5 Å². The molecule has 1 aliphatic rings. The van der Waals surface area contributed by atoms with Crippen LogP contribution in [0.15, 0.2) is 211 Å². The van der Waals surface area contributed by atoms with Gasteiger partial charge in [0.05, 0.1) is 22.4 Å². The molecule has 0 spiro atoms. The van der Waals surface area contributed by atoms with Crippen LogP contribution < -0.4 is 9.64 Å². The number of para-hydroxylation sites is 5. The minimum absolute atomic E-state index is 0.865. The van der Waals surface area contributed by atoms with Crippen LogP contribution in [0.3, 0.4) is 0 Å². The maximum Gasteiger partial charge on any atom is 0.152 e. The number of aromatic nitrogens is 1. The standard InChI is InChI=1S/C54H34N2O2/c1-2-11-35(12-3-1)36-21-27-40(28-22-36)55(41-29-23-37(24-30-41)38-25-31-44-43-14-5-8-18-50(43)57-53(44)34-38)47-16-6-4-13-42(47)39-26-32-48-46(33-39)45-15-10-20-52-54(45)56(48)49-17-7-9-19-51(49)58-52/h1-34H. The van der Waals surface area contributed by atoms with E-state index in [4.69, 9.17) is 9.15 Å². The minimum Gasteiger partial charge on any atom is -0.456 e. The number of hydrogen-bond donors (Lipinski definition) is 0. The molecule has 0 N–H and O–H groups in total. The van der Waals surface area contributed by atoms with Crippen LogP contribution in [-0.4, -0.2) is 4.57 Å². The summed E-state index contributed by atoms with van der Waals surface area (Å²) in [4.78, 5) is 2.38. The van der Waals surface area contributed by atoms with Crippen molar-refractivity contribution in [2.75, 3.05) is 4.90 Å². The molecule has 0 amide bonds. The molecule has 272 valence electrons. The highest BCUT2D eigenvalue weighted by Crippen LogP contribution is 2.47. The molecule has 0 unspecified atom stereocenters. The number of anilines is 3. The average molecular weight is 743 g/mol. The Balaban J connectivity index is 0.996. The van der Waals surface area contributed by atoms with Crippen LogP contribution in [0.4, 0.5) is 17.1 Å². The number of benzene rings is 9. The van der Waals surface area contributed by atoms with Crippen molar-refractivity contribution in [3.05, 3.63) is 206 Å². The summed E-state index contributed by atoms with van der Waals surface area (Å²) in [7, 11) is 0. The molecule has 0 fully saturated rings. The Bertz CT molecular complexity index is 3360. The lowest BCUT2D eigenvalue weighted by atomic mass is 9.98. The number of fused-ring (bicyclic) bond motifs is 8. The summed E-state index contributed by atoms with van der Waals surface area (Å²) in [6.07, 6.45) is 0. The first-order valence-corrected chi connectivity index (χ1v) is 19.7. The maximum atomic E-state index is 6.41. The van der Waals surface area contributed by atoms with Crippen molar-refractivity contribution in [1.82, 2.24) is 4.57 Å². The first-order valence-electron chi connectivity index (χ1n) is 19.7. The van der Waals surface area contributed by atoms with Crippen LogP contribution in [0.2, 0.25) is 0 Å². The topological polar surface area (TPSA) is 30.5 Å². The van der Waals surface area contributed by atoms with Gasteiger partial charge in [0.1, 0.15) is 11.2 Å². The second kappa shape index (κ2) is 12.9. The smallest absolute Gasteiger partial charge is 0.152 e. The number of ether oxygens (including phenoxy) is 1. The van der Waals surface area contributed by atoms with Crippen molar-refractivity contribution >= 4 is 60.8 Å². The summed E-state index contributed by atoms with van der Waals surface area (Å²) in [5.74, 6) is 1.74. The second-order valence-corrected chi connectivity index (χ2v) is 14.9. The fourth-order valence-electron chi connectivity index (χ4n) is 8.87. The summed E-state index contributed by atoms with van der Waals surface area (Å²) in [5, 5.41) is 4.63. The molecular formula is C54H34N2O2. The molecule has 0 saturated carbocycles. The fraction of sp³-hybridized carbons (Fsp3) is 0. The summed E-state index contributed by atoms with van der Waals surface area (Å²) in [6.45, 7) is 0. The minimum atomic E-state index is 0.865. The van der Waals surface area contributed by atoms with E-state index >= 15 is 0 Å². The largest absolute Gasteiger partial charge is 0.456 e. The Morgan fingerprint density at radius 3 is 1.84 bits per heavy atom. The lowest BCUT2D eigenvalue weighted by molar-refractivity contribution is 0.476. The van der Waals surface area contributed by atoms with Crippen molar-refractivity contribution in [2.24, 2.45) is 0 Å². The third-order valence-electron chi connectivity index (χ3n) is 11.6. The molecule has 3 heterocycles. The van der Waals surface area contributed by atoms with Crippen molar-refractivity contribution < 1.29 is 9.15 Å². The lowest BCUT2D eigenvalue weighted by Gasteiger charge is -2.28. The Morgan fingerprint density at radius 1 is 0.379 bits per heavy atom. The summed E-state index contributed by atoms with van der Waals surface area (Å²) in [6, 6.07) is 73.3. The monoisotopic (exact) mass is 742 g/mol. The van der Waals surface area contributed by atoms with Crippen LogP contribution in [0.1, 0.15) is 0 Å². The van der Waals surface area contributed by atoms with Gasteiger partial charge >= 0.3 is 0 Å². The van der Waals surface area contributed by atoms with Gasteiger partial charge < -0.3 is 18.6 Å². The van der Waals surface area contributed by atoms with Crippen molar-refractivity contribution in [2.45, 2.75) is 0 Å². The molecule has 0 bridgehead atoms. The molecule has 12 rings (SSSR count). The second-order valence-electron chi connectivity index (χ2n) is 14.9. The summed E-state index contributed by atoms with van der Waals surface area (Å²) >= 11 is 0. The van der Waals surface area contributed by atoms with Gasteiger partial charge in [0, 0.05) is 38.5 Å². The highest BCUT2D eigenvalue weighted by Gasteiger charge is 2.24. The van der Waals surface area contributed by atoms with Crippen molar-refractivity contribution in [3.63, 3.8) is 0 Å². The van der Waals surface area contributed by atoms with E-state index in [1.807, 2.05) is 24.3 Å². The third kappa shape index (κ3) is 5.09. The number of furan rings is 1. The van der Waals surface area contributed by atoms with E-state index in [9.17, 15) is 0 Å². The Morgan fingerprint density at radius 2 is 1.00 bits per heavy atom. The first kappa shape index (κ1) is 32.4. The van der Waals surface area contributed by atoms with Gasteiger partial charge in [-0.1, -0.05) is 127 Å². The Labute approximate surface area is 335 Å². The van der Waals surface area contributed by atoms with Gasteiger partial charge in [0.2, 0.25) is 0 Å². The molecule has 4 heteroatoms. The molecule has 11 aromatic rings. The van der Waals surface area contributed by atoms with Gasteiger partial charge in [-0.05, 0) is 107 Å². The normalized spacial score (nSPS) is 11.9. The molecular weight excluding hydrogens is 709 g/mol. The van der Waals surface area contributed by atoms with Gasteiger partial charge in [-0.25, -0.2) is 0 Å². The van der Waals surface area contributed by atoms with E-state index in [0.29, 0.717) is 0 Å². The molecule has 58 heavy (non-hydrogen) atoms. The predicted octanol–water partition coefficient (Wildman–Crippen LogP) is 15.3. The highest BCUT2D eigenvalue weighted by molar-refractivity contribution is 6.13. The molecule has 4 nitrogen and oxygen atoms in total. The summed E-state index contributed by atoms with van der Waals surface area (Å²) in [5.41, 5.74) is 15.2. The van der Waals surface area contributed by atoms with Crippen molar-refractivity contribution in [1.29, 1.82) is 0 Å². The van der Waals surface area contributed by atoms with Crippen LogP contribution in [0, 0.1) is 0 Å². The zero-order valence-electron chi connectivity index (χ0n) is 31.3. The molecule has 0 atom stereocenters. The highest BCUT2D eigenvalue weighted by atomic mass is 16.5. The van der Waals surface area contributed by atoms with Gasteiger partial charge in [0.15, 0.2) is 11.5 Å². The van der Waals surface area contributed by atoms with Gasteiger partial charge in [-0.15, -0.1) is 0 Å². The molecule has 0 aliphatic carbocycles. The molecule has 9 aromatic carbocycles. The molecule has 0 saturated heterocycles. The first-order chi connectivity index (χ1) is 28.7. The summed E-state index contributed by atoms with van der Waals surface area (Å²) < 4.78 is 15.0. The number of hydrogen-bond acceptors (Lipinski definition) is 3. The zero-order chi connectivity index (χ0) is 38.2. The van der Waals surface area contributed by atoms with E-state index in [2.05, 4.69) is 191 Å². The van der Waals surface area contributed by atoms with Crippen LogP contribution >= 0.6 is 0 Å². The van der Waals surface area contributed by atoms with E-state index in [0.717, 1.165) is 89.5 Å². The van der Waals surface area contributed by atoms with E-state index in [-0.39, 0.29) is 0 Å². The molecule has 2 aromatic heterocycles. The average Bonchev–Trinajstić information content (AvgIpc) is 3.84. The van der Waals surface area contributed by atoms with Gasteiger partial charge in [0.25, 0.3) is 0 Å². The van der Waals surface area contributed by atoms with E-state index in [1.165, 1.54) is 21.9 Å². The predicted molar refractivity (Wildman–Crippen MR) is 239 cm³/mol. The van der Waals surface area contributed by atoms with Crippen molar-refractivity contribution in [3.8, 4) is 50.6 Å². The molecule has 0 radical (unpaired) electrons. The Kier molecular flexibility index (Phi) is 7.20. The number of rotatable bonds is 6. The van der Waals surface area contributed by atoms with Gasteiger partial charge in [-0.2, -0.15) is 0 Å². The third-order valence-corrected chi connectivity index (χ3v) is 11.6. The fourth-order valence-corrected chi connectivity index (χ4v) is 8.87. The van der Waals surface area contributed by atoms with Crippen LogP contribution in [-0.2, 0) is 0 Å².